The molecule has 32 heavy (non-hydrogen) atoms. The Labute approximate surface area is 183 Å². The SMILES string of the molecule is Cc1cccc(NC(=O)CN(C)C(=O)c2cnn(-c3ccccc3C(F)(F)F)c2C)c1C. The Hall–Kier alpha value is -3.62. The Kier molecular flexibility index (Phi) is 6.38. The highest BCUT2D eigenvalue weighted by Crippen LogP contribution is 2.34. The number of carbonyl (C=O) groups is 2. The van der Waals surface area contributed by atoms with Crippen molar-refractivity contribution in [1.82, 2.24) is 14.7 Å². The molecule has 0 saturated carbocycles. The van der Waals surface area contributed by atoms with Crippen molar-refractivity contribution in [3.05, 3.63) is 76.6 Å². The fourth-order valence-corrected chi connectivity index (χ4v) is 3.33. The Morgan fingerprint density at radius 3 is 2.44 bits per heavy atom. The van der Waals surface area contributed by atoms with Crippen molar-refractivity contribution in [3.8, 4) is 5.69 Å². The number of likely N-dealkylation sites (N-methyl/N-ethyl adjacent to an activating group) is 1. The number of nitrogens with zero attached hydrogens (tertiary/aromatic N) is 3. The zero-order chi connectivity index (χ0) is 23.6. The summed E-state index contributed by atoms with van der Waals surface area (Å²) in [7, 11) is 1.45. The fraction of sp³-hybridized carbons (Fsp3) is 0.261. The van der Waals surface area contributed by atoms with Crippen LogP contribution in [0.1, 0.15) is 32.7 Å². The average Bonchev–Trinajstić information content (AvgIpc) is 3.11. The minimum Gasteiger partial charge on any atom is -0.332 e. The van der Waals surface area contributed by atoms with Crippen LogP contribution in [0.15, 0.2) is 48.7 Å². The predicted molar refractivity (Wildman–Crippen MR) is 115 cm³/mol. The van der Waals surface area contributed by atoms with Gasteiger partial charge in [-0.2, -0.15) is 18.3 Å². The van der Waals surface area contributed by atoms with Crippen molar-refractivity contribution in [1.29, 1.82) is 0 Å². The van der Waals surface area contributed by atoms with E-state index in [1.807, 2.05) is 26.0 Å². The van der Waals surface area contributed by atoms with Crippen LogP contribution in [0.4, 0.5) is 18.9 Å². The number of hydrogen-bond donors (Lipinski definition) is 1. The summed E-state index contributed by atoms with van der Waals surface area (Å²) in [6.45, 7) is 5.10. The van der Waals surface area contributed by atoms with Crippen LogP contribution in [0.5, 0.6) is 0 Å². The molecule has 0 bridgehead atoms. The predicted octanol–water partition coefficient (Wildman–Crippen LogP) is 4.53. The van der Waals surface area contributed by atoms with E-state index in [4.69, 9.17) is 0 Å². The summed E-state index contributed by atoms with van der Waals surface area (Å²) in [5.74, 6) is -0.906. The standard InChI is InChI=1S/C23H23F3N4O2/c1-14-8-7-10-19(15(14)2)28-21(31)13-29(4)22(32)17-12-27-30(16(17)3)20-11-6-5-9-18(20)23(24,25)26/h5-12H,13H2,1-4H3,(H,28,31). The van der Waals surface area contributed by atoms with E-state index in [1.54, 1.807) is 6.07 Å². The molecule has 9 heteroatoms. The topological polar surface area (TPSA) is 67.2 Å². The third-order valence-corrected chi connectivity index (χ3v) is 5.28. The fourth-order valence-electron chi connectivity index (χ4n) is 3.33. The van der Waals surface area contributed by atoms with Crippen LogP contribution in [0.3, 0.4) is 0 Å². The highest BCUT2D eigenvalue weighted by atomic mass is 19.4. The van der Waals surface area contributed by atoms with Crippen molar-refractivity contribution in [2.45, 2.75) is 26.9 Å². The number of nitrogens with one attached hydrogen (secondary N) is 1. The molecule has 3 rings (SSSR count). The van der Waals surface area contributed by atoms with E-state index < -0.39 is 17.6 Å². The molecule has 0 unspecified atom stereocenters. The number of rotatable bonds is 5. The Balaban J connectivity index is 1.79. The van der Waals surface area contributed by atoms with Crippen LogP contribution in [-0.2, 0) is 11.0 Å². The lowest BCUT2D eigenvalue weighted by atomic mass is 10.1. The van der Waals surface area contributed by atoms with Crippen molar-refractivity contribution < 1.29 is 22.8 Å². The van der Waals surface area contributed by atoms with Gasteiger partial charge in [-0.3, -0.25) is 9.59 Å². The first-order valence-corrected chi connectivity index (χ1v) is 9.83. The van der Waals surface area contributed by atoms with E-state index in [0.29, 0.717) is 5.69 Å². The summed E-state index contributed by atoms with van der Waals surface area (Å²) in [5.41, 5.74) is 1.93. The number of anilines is 1. The van der Waals surface area contributed by atoms with Gasteiger partial charge in [0, 0.05) is 12.7 Å². The van der Waals surface area contributed by atoms with E-state index in [1.165, 1.54) is 43.3 Å². The molecule has 0 saturated heterocycles. The van der Waals surface area contributed by atoms with E-state index >= 15 is 0 Å². The summed E-state index contributed by atoms with van der Waals surface area (Å²) in [4.78, 5) is 26.5. The second-order valence-corrected chi connectivity index (χ2v) is 7.53. The van der Waals surface area contributed by atoms with Crippen molar-refractivity contribution in [3.63, 3.8) is 0 Å². The summed E-state index contributed by atoms with van der Waals surface area (Å²) >= 11 is 0. The monoisotopic (exact) mass is 444 g/mol. The highest BCUT2D eigenvalue weighted by Gasteiger charge is 2.34. The lowest BCUT2D eigenvalue weighted by Gasteiger charge is -2.18. The number of hydrogen-bond acceptors (Lipinski definition) is 3. The maximum atomic E-state index is 13.4. The lowest BCUT2D eigenvalue weighted by Crippen LogP contribution is -2.35. The molecule has 6 nitrogen and oxygen atoms in total. The van der Waals surface area contributed by atoms with Gasteiger partial charge in [-0.05, 0) is 50.1 Å². The number of halogens is 3. The zero-order valence-electron chi connectivity index (χ0n) is 18.1. The molecular weight excluding hydrogens is 421 g/mol. The smallest absolute Gasteiger partial charge is 0.332 e. The number of aryl methyl sites for hydroxylation is 1. The van der Waals surface area contributed by atoms with E-state index in [2.05, 4.69) is 10.4 Å². The van der Waals surface area contributed by atoms with Gasteiger partial charge in [0.15, 0.2) is 0 Å². The molecule has 3 aromatic rings. The molecule has 0 radical (unpaired) electrons. The van der Waals surface area contributed by atoms with Crippen molar-refractivity contribution in [2.24, 2.45) is 0 Å². The number of aromatic nitrogens is 2. The quantitative estimate of drug-likeness (QED) is 0.629. The molecule has 0 aliphatic carbocycles. The molecule has 168 valence electrons. The molecule has 1 N–H and O–H groups in total. The number of carbonyl (C=O) groups excluding carboxylic acids is 2. The number of para-hydroxylation sites is 1. The third kappa shape index (κ3) is 4.66. The Bertz CT molecular complexity index is 1170. The Morgan fingerprint density at radius 2 is 1.75 bits per heavy atom. The first-order valence-electron chi connectivity index (χ1n) is 9.83. The van der Waals surface area contributed by atoms with Gasteiger partial charge in [-0.15, -0.1) is 0 Å². The van der Waals surface area contributed by atoms with Crippen molar-refractivity contribution >= 4 is 17.5 Å². The second kappa shape index (κ2) is 8.86. The molecule has 0 atom stereocenters. The first kappa shape index (κ1) is 23.1. The van der Waals surface area contributed by atoms with Gasteiger partial charge >= 0.3 is 6.18 Å². The van der Waals surface area contributed by atoms with Crippen LogP contribution < -0.4 is 5.32 Å². The third-order valence-electron chi connectivity index (χ3n) is 5.28. The molecule has 1 heterocycles. The van der Waals surface area contributed by atoms with E-state index in [9.17, 15) is 22.8 Å². The van der Waals surface area contributed by atoms with Crippen molar-refractivity contribution in [2.75, 3.05) is 18.9 Å². The molecule has 0 spiro atoms. The average molecular weight is 444 g/mol. The van der Waals surface area contributed by atoms with Crippen LogP contribution in [0, 0.1) is 20.8 Å². The van der Waals surface area contributed by atoms with Gasteiger partial charge in [0.25, 0.3) is 5.91 Å². The largest absolute Gasteiger partial charge is 0.418 e. The second-order valence-electron chi connectivity index (χ2n) is 7.53. The number of alkyl halides is 3. The van der Waals surface area contributed by atoms with Crippen LogP contribution in [0.25, 0.3) is 5.69 Å². The Morgan fingerprint density at radius 1 is 1.06 bits per heavy atom. The van der Waals surface area contributed by atoms with Gasteiger partial charge in [0.2, 0.25) is 5.91 Å². The summed E-state index contributed by atoms with van der Waals surface area (Å²) in [6.07, 6.45) is -3.36. The van der Waals surface area contributed by atoms with Gasteiger partial charge in [-0.1, -0.05) is 24.3 Å². The molecular formula is C23H23F3N4O2. The minimum absolute atomic E-state index is 0.115. The van der Waals surface area contributed by atoms with Gasteiger partial charge in [0.05, 0.1) is 35.2 Å². The molecule has 2 aromatic carbocycles. The zero-order valence-corrected chi connectivity index (χ0v) is 18.1. The normalized spacial score (nSPS) is 11.3. The molecule has 0 aliphatic rings. The van der Waals surface area contributed by atoms with Crippen LogP contribution in [0.2, 0.25) is 0 Å². The van der Waals surface area contributed by atoms with Crippen LogP contribution in [-0.4, -0.2) is 40.1 Å². The molecule has 1 aromatic heterocycles. The van der Waals surface area contributed by atoms with Gasteiger partial charge in [0.1, 0.15) is 0 Å². The first-order chi connectivity index (χ1) is 15.0. The van der Waals surface area contributed by atoms with Gasteiger partial charge in [-0.25, -0.2) is 4.68 Å². The molecule has 0 aliphatic heterocycles. The lowest BCUT2D eigenvalue weighted by molar-refractivity contribution is -0.137. The number of benzene rings is 2. The maximum absolute atomic E-state index is 13.4. The molecule has 0 fully saturated rings. The summed E-state index contributed by atoms with van der Waals surface area (Å²) in [6, 6.07) is 10.5. The van der Waals surface area contributed by atoms with E-state index in [0.717, 1.165) is 21.9 Å². The summed E-state index contributed by atoms with van der Waals surface area (Å²) < 4.78 is 41.2. The maximum Gasteiger partial charge on any atom is 0.418 e. The van der Waals surface area contributed by atoms with Gasteiger partial charge < -0.3 is 10.2 Å². The van der Waals surface area contributed by atoms with Crippen LogP contribution >= 0.6 is 0 Å². The minimum atomic E-state index is -4.57. The highest BCUT2D eigenvalue weighted by molar-refractivity contribution is 6.00. The summed E-state index contributed by atoms with van der Waals surface area (Å²) in [5, 5.41) is 6.78. The van der Waals surface area contributed by atoms with E-state index in [-0.39, 0.29) is 29.4 Å². The number of amides is 2. The molecule has 2 amide bonds.